The summed E-state index contributed by atoms with van der Waals surface area (Å²) >= 11 is 1.25. The monoisotopic (exact) mass is 451 g/mol. The number of thioether (sulfide) groups is 1. The summed E-state index contributed by atoms with van der Waals surface area (Å²) in [6.07, 6.45) is 5.84. The number of aliphatic hydroxyl groups excluding tert-OH is 1. The Hall–Kier alpha value is -2.33. The predicted octanol–water partition coefficient (Wildman–Crippen LogP) is 3.94. The van der Waals surface area contributed by atoms with E-state index in [1.54, 1.807) is 17.0 Å². The van der Waals surface area contributed by atoms with Crippen molar-refractivity contribution in [2.45, 2.75) is 56.6 Å². The lowest BCUT2D eigenvalue weighted by Gasteiger charge is -2.33. The summed E-state index contributed by atoms with van der Waals surface area (Å²) < 4.78 is 29.0. The molecule has 2 atom stereocenters. The van der Waals surface area contributed by atoms with Crippen molar-refractivity contribution in [3.8, 4) is 0 Å². The van der Waals surface area contributed by atoms with Gasteiger partial charge >= 0.3 is 5.92 Å². The molecule has 0 saturated carbocycles. The third-order valence-electron chi connectivity index (χ3n) is 5.26. The van der Waals surface area contributed by atoms with E-state index in [0.29, 0.717) is 24.5 Å². The van der Waals surface area contributed by atoms with Gasteiger partial charge in [0.05, 0.1) is 6.04 Å². The predicted molar refractivity (Wildman–Crippen MR) is 115 cm³/mol. The average Bonchev–Trinajstić information content (AvgIpc) is 3.29. The number of H-pyrrole nitrogens is 1. The molecule has 1 saturated heterocycles. The number of carbonyl (C=O) groups excluding carboxylic acids is 1. The topological polar surface area (TPSA) is 95.0 Å². The summed E-state index contributed by atoms with van der Waals surface area (Å²) in [6, 6.07) is 6.98. The summed E-state index contributed by atoms with van der Waals surface area (Å²) in [6.45, 7) is 0.564. The van der Waals surface area contributed by atoms with Crippen LogP contribution >= 0.6 is 11.8 Å². The van der Waals surface area contributed by atoms with E-state index in [1.807, 2.05) is 0 Å². The lowest BCUT2D eigenvalue weighted by Crippen LogP contribution is -2.41. The molecule has 1 aliphatic rings. The number of nitrogens with zero attached hydrogens (tertiary/aromatic N) is 4. The molecule has 2 N–H and O–H groups in total. The highest BCUT2D eigenvalue weighted by molar-refractivity contribution is 8.13. The third kappa shape index (κ3) is 6.57. The van der Waals surface area contributed by atoms with Crippen LogP contribution < -0.4 is 0 Å². The molecule has 1 aromatic heterocycles. The number of halogens is 2. The van der Waals surface area contributed by atoms with Crippen LogP contribution in [0.3, 0.4) is 0 Å². The van der Waals surface area contributed by atoms with Crippen molar-refractivity contribution in [2.24, 2.45) is 0 Å². The standard InChI is InChI=1S/C21H27F2N5O2S/c22-21(23,16-8-4-3-5-9-16)18(29)12-11-17-13-15-31-20(30)28(17)14-7-2-1-6-10-19-24-26-27-25-19/h3-5,8-9,11-12,17-18,29H,1-2,6-7,10,13-15H2,(H,24,25,26,27)/b12-11+/t17-,18-/m0/s1. The van der Waals surface area contributed by atoms with E-state index in [-0.39, 0.29) is 16.8 Å². The van der Waals surface area contributed by atoms with Gasteiger partial charge in [0, 0.05) is 24.3 Å². The Morgan fingerprint density at radius 2 is 2.03 bits per heavy atom. The molecule has 7 nitrogen and oxygen atoms in total. The summed E-state index contributed by atoms with van der Waals surface area (Å²) in [5.74, 6) is -2.06. The maximum absolute atomic E-state index is 14.5. The zero-order valence-corrected chi connectivity index (χ0v) is 18.0. The van der Waals surface area contributed by atoms with Crippen molar-refractivity contribution in [2.75, 3.05) is 12.3 Å². The molecule has 0 bridgehead atoms. The molecule has 0 spiro atoms. The van der Waals surface area contributed by atoms with Crippen molar-refractivity contribution < 1.29 is 18.7 Å². The van der Waals surface area contributed by atoms with Crippen molar-refractivity contribution in [1.29, 1.82) is 0 Å². The lowest BCUT2D eigenvalue weighted by atomic mass is 10.0. The maximum Gasteiger partial charge on any atom is 0.302 e. The first-order valence-electron chi connectivity index (χ1n) is 10.4. The van der Waals surface area contributed by atoms with E-state index in [9.17, 15) is 18.7 Å². The van der Waals surface area contributed by atoms with Gasteiger partial charge in [-0.05, 0) is 19.3 Å². The number of aromatic nitrogens is 4. The number of rotatable bonds is 11. The Bertz CT molecular complexity index is 836. The van der Waals surface area contributed by atoms with Crippen molar-refractivity contribution >= 4 is 17.0 Å². The van der Waals surface area contributed by atoms with E-state index in [4.69, 9.17) is 0 Å². The number of hydrogen-bond acceptors (Lipinski definition) is 6. The quantitative estimate of drug-likeness (QED) is 0.397. The molecule has 31 heavy (non-hydrogen) atoms. The van der Waals surface area contributed by atoms with Crippen LogP contribution in [0.15, 0.2) is 42.5 Å². The van der Waals surface area contributed by atoms with Crippen LogP contribution in [-0.2, 0) is 12.3 Å². The van der Waals surface area contributed by atoms with E-state index in [1.165, 1.54) is 36.0 Å². The fraction of sp³-hybridized carbons (Fsp3) is 0.524. The smallest absolute Gasteiger partial charge is 0.302 e. The normalized spacial score (nSPS) is 18.6. The highest BCUT2D eigenvalue weighted by Gasteiger charge is 2.39. The van der Waals surface area contributed by atoms with Gasteiger partial charge in [0.2, 0.25) is 0 Å². The van der Waals surface area contributed by atoms with Crippen LogP contribution in [0.1, 0.15) is 43.5 Å². The molecule has 1 amide bonds. The summed E-state index contributed by atoms with van der Waals surface area (Å²) in [5, 5.41) is 23.8. The zero-order chi connectivity index (χ0) is 22.1. The zero-order valence-electron chi connectivity index (χ0n) is 17.2. The maximum atomic E-state index is 14.5. The van der Waals surface area contributed by atoms with Crippen LogP contribution in [0, 0.1) is 0 Å². The van der Waals surface area contributed by atoms with Crippen LogP contribution in [0.4, 0.5) is 13.6 Å². The average molecular weight is 452 g/mol. The molecule has 0 aliphatic carbocycles. The first kappa shape index (κ1) is 23.3. The van der Waals surface area contributed by atoms with Gasteiger partial charge in [-0.1, -0.05) is 72.3 Å². The Labute approximate surface area is 184 Å². The van der Waals surface area contributed by atoms with Crippen LogP contribution in [0.2, 0.25) is 0 Å². The fourth-order valence-corrected chi connectivity index (χ4v) is 4.42. The summed E-state index contributed by atoms with van der Waals surface area (Å²) in [5.41, 5.74) is -0.236. The Balaban J connectivity index is 1.49. The van der Waals surface area contributed by atoms with Crippen molar-refractivity contribution in [3.63, 3.8) is 0 Å². The number of aryl methyl sites for hydroxylation is 1. The molecule has 2 aromatic rings. The largest absolute Gasteiger partial charge is 0.382 e. The van der Waals surface area contributed by atoms with Gasteiger partial charge in [-0.15, -0.1) is 10.2 Å². The fourth-order valence-electron chi connectivity index (χ4n) is 3.49. The van der Waals surface area contributed by atoms with Crippen LogP contribution in [-0.4, -0.2) is 60.3 Å². The number of tetrazole rings is 1. The van der Waals surface area contributed by atoms with Gasteiger partial charge < -0.3 is 10.0 Å². The molecule has 1 aromatic carbocycles. The second kappa shape index (κ2) is 11.3. The van der Waals surface area contributed by atoms with Gasteiger partial charge in [0.1, 0.15) is 6.10 Å². The number of carbonyl (C=O) groups is 1. The van der Waals surface area contributed by atoms with E-state index >= 15 is 0 Å². The second-order valence-electron chi connectivity index (χ2n) is 7.47. The first-order chi connectivity index (χ1) is 15.0. The highest BCUT2D eigenvalue weighted by atomic mass is 32.2. The number of aliphatic hydroxyl groups is 1. The number of aromatic amines is 1. The third-order valence-corrected chi connectivity index (χ3v) is 6.18. The number of benzene rings is 1. The SMILES string of the molecule is O=C1SCC[C@H](/C=C/[C@H](O)C(F)(F)c2ccccc2)N1CCCCCCc1nn[nH]n1. The molecule has 0 radical (unpaired) electrons. The number of nitrogens with one attached hydrogen (secondary N) is 1. The Morgan fingerprint density at radius 1 is 1.26 bits per heavy atom. The number of amides is 1. The molecule has 2 heterocycles. The Morgan fingerprint density at radius 3 is 2.77 bits per heavy atom. The molecule has 3 rings (SSSR count). The summed E-state index contributed by atoms with van der Waals surface area (Å²) in [4.78, 5) is 14.1. The van der Waals surface area contributed by atoms with Crippen LogP contribution in [0.5, 0.6) is 0 Å². The minimum Gasteiger partial charge on any atom is -0.382 e. The second-order valence-corrected chi connectivity index (χ2v) is 8.52. The highest BCUT2D eigenvalue weighted by Crippen LogP contribution is 2.33. The molecule has 0 unspecified atom stereocenters. The first-order valence-corrected chi connectivity index (χ1v) is 11.4. The number of alkyl halides is 2. The molecule has 168 valence electrons. The van der Waals surface area contributed by atoms with Gasteiger partial charge in [-0.3, -0.25) is 4.79 Å². The molecule has 10 heteroatoms. The van der Waals surface area contributed by atoms with E-state index < -0.39 is 12.0 Å². The van der Waals surface area contributed by atoms with E-state index in [2.05, 4.69) is 20.6 Å². The van der Waals surface area contributed by atoms with Crippen molar-refractivity contribution in [3.05, 3.63) is 53.9 Å². The molecule has 1 fully saturated rings. The molecule has 1 aliphatic heterocycles. The minimum absolute atomic E-state index is 0.0444. The van der Waals surface area contributed by atoms with E-state index in [0.717, 1.165) is 38.2 Å². The minimum atomic E-state index is -3.39. The Kier molecular flexibility index (Phi) is 8.53. The molecular formula is C21H27F2N5O2S. The van der Waals surface area contributed by atoms with Crippen LogP contribution in [0.25, 0.3) is 0 Å². The summed E-state index contributed by atoms with van der Waals surface area (Å²) in [7, 11) is 0. The van der Waals surface area contributed by atoms with Crippen molar-refractivity contribution in [1.82, 2.24) is 25.5 Å². The van der Waals surface area contributed by atoms with Gasteiger partial charge in [-0.25, -0.2) is 0 Å². The lowest BCUT2D eigenvalue weighted by molar-refractivity contribution is -0.0929. The van der Waals surface area contributed by atoms with Gasteiger partial charge in [0.25, 0.3) is 5.24 Å². The number of hydrogen-bond donors (Lipinski definition) is 2. The van der Waals surface area contributed by atoms with Gasteiger partial charge in [0.15, 0.2) is 5.82 Å². The van der Waals surface area contributed by atoms with Gasteiger partial charge in [-0.2, -0.15) is 14.0 Å². The number of unbranched alkanes of at least 4 members (excludes halogenated alkanes) is 3. The molecular weight excluding hydrogens is 424 g/mol.